The van der Waals surface area contributed by atoms with Crippen molar-refractivity contribution in [3.05, 3.63) is 24.3 Å². The second-order valence-corrected chi connectivity index (χ2v) is 3.47. The highest BCUT2D eigenvalue weighted by atomic mass is 16.5. The average Bonchev–Trinajstić information content (AvgIpc) is 2.71. The van der Waals surface area contributed by atoms with E-state index in [0.717, 1.165) is 11.1 Å². The number of carbonyl (C=O) groups is 1. The lowest BCUT2D eigenvalue weighted by Crippen LogP contribution is -2.11. The van der Waals surface area contributed by atoms with Crippen molar-refractivity contribution < 1.29 is 13.9 Å². The average molecular weight is 234 g/mol. The SMILES string of the molecule is CCOC(=O)CCNc1nc2ccccc2o1. The zero-order chi connectivity index (χ0) is 12.1. The minimum atomic E-state index is -0.226. The van der Waals surface area contributed by atoms with Crippen LogP contribution in [0.25, 0.3) is 11.1 Å². The highest BCUT2D eigenvalue weighted by molar-refractivity contribution is 5.74. The topological polar surface area (TPSA) is 64.4 Å². The second kappa shape index (κ2) is 5.34. The highest BCUT2D eigenvalue weighted by Crippen LogP contribution is 2.17. The number of para-hydroxylation sites is 2. The minimum Gasteiger partial charge on any atom is -0.466 e. The van der Waals surface area contributed by atoms with E-state index in [1.54, 1.807) is 6.92 Å². The molecule has 1 aromatic heterocycles. The normalized spacial score (nSPS) is 10.4. The summed E-state index contributed by atoms with van der Waals surface area (Å²) in [5.74, 6) is -0.226. The first-order valence-electron chi connectivity index (χ1n) is 5.54. The maximum Gasteiger partial charge on any atom is 0.307 e. The van der Waals surface area contributed by atoms with Crippen molar-refractivity contribution in [3.8, 4) is 0 Å². The van der Waals surface area contributed by atoms with Gasteiger partial charge in [-0.1, -0.05) is 12.1 Å². The van der Waals surface area contributed by atoms with Crippen LogP contribution in [0.2, 0.25) is 0 Å². The number of oxazole rings is 1. The zero-order valence-electron chi connectivity index (χ0n) is 9.60. The molecule has 0 radical (unpaired) electrons. The molecule has 5 heteroatoms. The van der Waals surface area contributed by atoms with Gasteiger partial charge < -0.3 is 14.5 Å². The van der Waals surface area contributed by atoms with Gasteiger partial charge in [-0.15, -0.1) is 0 Å². The Labute approximate surface area is 98.8 Å². The fourth-order valence-electron chi connectivity index (χ4n) is 1.45. The predicted octanol–water partition coefficient (Wildman–Crippen LogP) is 2.19. The number of nitrogens with zero attached hydrogens (tertiary/aromatic N) is 1. The molecule has 0 aliphatic carbocycles. The van der Waals surface area contributed by atoms with Gasteiger partial charge in [-0.05, 0) is 19.1 Å². The van der Waals surface area contributed by atoms with E-state index < -0.39 is 0 Å². The van der Waals surface area contributed by atoms with Crippen LogP contribution < -0.4 is 5.32 Å². The van der Waals surface area contributed by atoms with Gasteiger partial charge in [0, 0.05) is 6.54 Å². The molecule has 1 heterocycles. The maximum atomic E-state index is 11.1. The molecule has 0 saturated heterocycles. The third kappa shape index (κ3) is 2.96. The van der Waals surface area contributed by atoms with Crippen molar-refractivity contribution in [1.29, 1.82) is 0 Å². The summed E-state index contributed by atoms with van der Waals surface area (Å²) in [6.07, 6.45) is 0.298. The molecule has 0 amide bonds. The number of rotatable bonds is 5. The summed E-state index contributed by atoms with van der Waals surface area (Å²) in [6, 6.07) is 7.92. The number of carbonyl (C=O) groups excluding carboxylic acids is 1. The minimum absolute atomic E-state index is 0.226. The Hall–Kier alpha value is -2.04. The van der Waals surface area contributed by atoms with Crippen LogP contribution in [-0.2, 0) is 9.53 Å². The molecule has 0 bridgehead atoms. The van der Waals surface area contributed by atoms with E-state index in [-0.39, 0.29) is 5.97 Å². The highest BCUT2D eigenvalue weighted by Gasteiger charge is 2.05. The van der Waals surface area contributed by atoms with E-state index in [2.05, 4.69) is 10.3 Å². The molecule has 0 spiro atoms. The third-order valence-corrected chi connectivity index (χ3v) is 2.20. The van der Waals surface area contributed by atoms with E-state index in [4.69, 9.17) is 9.15 Å². The van der Waals surface area contributed by atoms with Gasteiger partial charge in [0.15, 0.2) is 5.58 Å². The van der Waals surface area contributed by atoms with Crippen LogP contribution in [0.15, 0.2) is 28.7 Å². The molecular weight excluding hydrogens is 220 g/mol. The Morgan fingerprint density at radius 2 is 2.29 bits per heavy atom. The molecule has 1 aromatic carbocycles. The summed E-state index contributed by atoms with van der Waals surface area (Å²) < 4.78 is 10.2. The van der Waals surface area contributed by atoms with Crippen molar-refractivity contribution in [3.63, 3.8) is 0 Å². The van der Waals surface area contributed by atoms with E-state index in [0.29, 0.717) is 25.6 Å². The van der Waals surface area contributed by atoms with Gasteiger partial charge in [0.1, 0.15) is 5.52 Å². The number of benzene rings is 1. The van der Waals surface area contributed by atoms with Gasteiger partial charge in [0.25, 0.3) is 6.01 Å². The number of fused-ring (bicyclic) bond motifs is 1. The first-order chi connectivity index (χ1) is 8.29. The Kier molecular flexibility index (Phi) is 3.59. The molecule has 1 N–H and O–H groups in total. The molecule has 0 unspecified atom stereocenters. The lowest BCUT2D eigenvalue weighted by molar-refractivity contribution is -0.142. The summed E-state index contributed by atoms with van der Waals surface area (Å²) in [6.45, 7) is 2.64. The van der Waals surface area contributed by atoms with Crippen LogP contribution in [0.5, 0.6) is 0 Å². The van der Waals surface area contributed by atoms with Gasteiger partial charge in [-0.25, -0.2) is 0 Å². The standard InChI is InChI=1S/C12H14N2O3/c1-2-16-11(15)7-8-13-12-14-9-5-3-4-6-10(9)17-12/h3-6H,2,7-8H2,1H3,(H,13,14). The molecule has 0 aliphatic rings. The smallest absolute Gasteiger partial charge is 0.307 e. The molecule has 5 nitrogen and oxygen atoms in total. The van der Waals surface area contributed by atoms with Crippen LogP contribution in [-0.4, -0.2) is 24.1 Å². The van der Waals surface area contributed by atoms with E-state index in [1.165, 1.54) is 0 Å². The number of hydrogen-bond acceptors (Lipinski definition) is 5. The zero-order valence-corrected chi connectivity index (χ0v) is 9.60. The van der Waals surface area contributed by atoms with E-state index >= 15 is 0 Å². The molecule has 17 heavy (non-hydrogen) atoms. The van der Waals surface area contributed by atoms with Crippen LogP contribution in [0, 0.1) is 0 Å². The largest absolute Gasteiger partial charge is 0.466 e. The summed E-state index contributed by atoms with van der Waals surface area (Å²) in [4.78, 5) is 15.3. The first kappa shape index (κ1) is 11.4. The van der Waals surface area contributed by atoms with Gasteiger partial charge in [-0.2, -0.15) is 4.98 Å². The van der Waals surface area contributed by atoms with Gasteiger partial charge in [-0.3, -0.25) is 4.79 Å². The van der Waals surface area contributed by atoms with Crippen molar-refractivity contribution in [2.45, 2.75) is 13.3 Å². The van der Waals surface area contributed by atoms with E-state index in [1.807, 2.05) is 24.3 Å². The summed E-state index contributed by atoms with van der Waals surface area (Å²) in [7, 11) is 0. The van der Waals surface area contributed by atoms with Crippen molar-refractivity contribution in [1.82, 2.24) is 4.98 Å². The first-order valence-corrected chi connectivity index (χ1v) is 5.54. The second-order valence-electron chi connectivity index (χ2n) is 3.47. The Bertz CT molecular complexity index is 474. The molecular formula is C12H14N2O3. The monoisotopic (exact) mass is 234 g/mol. The maximum absolute atomic E-state index is 11.1. The summed E-state index contributed by atoms with van der Waals surface area (Å²) in [5.41, 5.74) is 1.53. The summed E-state index contributed by atoms with van der Waals surface area (Å²) in [5, 5.41) is 2.94. The molecule has 0 aliphatic heterocycles. The molecule has 0 saturated carbocycles. The van der Waals surface area contributed by atoms with Crippen LogP contribution in [0.4, 0.5) is 6.01 Å². The number of esters is 1. The van der Waals surface area contributed by atoms with Gasteiger partial charge in [0.2, 0.25) is 0 Å². The number of ether oxygens (including phenoxy) is 1. The van der Waals surface area contributed by atoms with Crippen molar-refractivity contribution in [2.24, 2.45) is 0 Å². The number of nitrogens with one attached hydrogen (secondary N) is 1. The molecule has 0 fully saturated rings. The third-order valence-electron chi connectivity index (χ3n) is 2.20. The van der Waals surface area contributed by atoms with Crippen LogP contribution in [0.3, 0.4) is 0 Å². The fraction of sp³-hybridized carbons (Fsp3) is 0.333. The van der Waals surface area contributed by atoms with Gasteiger partial charge in [0.05, 0.1) is 13.0 Å². The van der Waals surface area contributed by atoms with Crippen molar-refractivity contribution in [2.75, 3.05) is 18.5 Å². The van der Waals surface area contributed by atoms with E-state index in [9.17, 15) is 4.79 Å². The predicted molar refractivity (Wildman–Crippen MR) is 63.7 cm³/mol. The number of anilines is 1. The lowest BCUT2D eigenvalue weighted by Gasteiger charge is -2.01. The number of aromatic nitrogens is 1. The quantitative estimate of drug-likeness (QED) is 0.803. The van der Waals surface area contributed by atoms with Crippen LogP contribution in [0.1, 0.15) is 13.3 Å². The Morgan fingerprint density at radius 3 is 3.06 bits per heavy atom. The lowest BCUT2D eigenvalue weighted by atomic mass is 10.3. The molecule has 2 rings (SSSR count). The molecule has 90 valence electrons. The summed E-state index contributed by atoms with van der Waals surface area (Å²) >= 11 is 0. The van der Waals surface area contributed by atoms with Gasteiger partial charge >= 0.3 is 5.97 Å². The Morgan fingerprint density at radius 1 is 1.47 bits per heavy atom. The molecule has 0 atom stereocenters. The fourth-order valence-corrected chi connectivity index (χ4v) is 1.45. The van der Waals surface area contributed by atoms with Crippen molar-refractivity contribution >= 4 is 23.1 Å². The Balaban J connectivity index is 1.89. The molecule has 2 aromatic rings. The number of hydrogen-bond donors (Lipinski definition) is 1. The van der Waals surface area contributed by atoms with Crippen LogP contribution >= 0.6 is 0 Å².